The number of allylic oxidation sites excluding steroid dienone is 1. The van der Waals surface area contributed by atoms with E-state index in [0.717, 1.165) is 0 Å². The molecule has 2 heterocycles. The van der Waals surface area contributed by atoms with Gasteiger partial charge in [-0.3, -0.25) is 14.9 Å². The first kappa shape index (κ1) is 13.7. The summed E-state index contributed by atoms with van der Waals surface area (Å²) >= 11 is 0. The number of para-hydroxylation sites is 1. The number of Topliss-reactive ketones (excluding diaryl/α,β-unsaturated/α-hetero) is 1. The number of carbonyl (C=O) groups excluding carboxylic acids is 1. The number of carbonyl (C=O) groups is 1. The summed E-state index contributed by atoms with van der Waals surface area (Å²) in [4.78, 5) is 34.3. The van der Waals surface area contributed by atoms with Gasteiger partial charge in [0.2, 0.25) is 5.78 Å². The number of nitro groups is 1. The lowest BCUT2D eigenvalue weighted by Gasteiger charge is -2.00. The number of hydrogen-bond donors (Lipinski definition) is 0. The van der Waals surface area contributed by atoms with Crippen LogP contribution in [0.3, 0.4) is 0 Å². The number of nitrogens with zero attached hydrogens (tertiary/aromatic N) is 1. The van der Waals surface area contributed by atoms with Crippen LogP contribution in [-0.2, 0) is 0 Å². The monoisotopic (exact) mass is 299 g/mol. The van der Waals surface area contributed by atoms with Gasteiger partial charge in [-0.05, 0) is 19.1 Å². The van der Waals surface area contributed by atoms with E-state index in [1.165, 1.54) is 30.3 Å². The van der Waals surface area contributed by atoms with Gasteiger partial charge in [0.05, 0.1) is 10.5 Å². The van der Waals surface area contributed by atoms with E-state index in [-0.39, 0.29) is 28.3 Å². The van der Waals surface area contributed by atoms with Crippen LogP contribution < -0.4 is 10.4 Å². The van der Waals surface area contributed by atoms with E-state index in [1.54, 1.807) is 13.0 Å². The van der Waals surface area contributed by atoms with Crippen LogP contribution in [0.5, 0.6) is 5.75 Å². The van der Waals surface area contributed by atoms with E-state index in [9.17, 15) is 19.7 Å². The van der Waals surface area contributed by atoms with Gasteiger partial charge < -0.3 is 9.15 Å². The van der Waals surface area contributed by atoms with Crippen LogP contribution in [0.2, 0.25) is 0 Å². The molecule has 0 bridgehead atoms. The number of ether oxygens (including phenoxy) is 1. The Labute approximate surface area is 123 Å². The first-order chi connectivity index (χ1) is 10.5. The second-order valence-electron chi connectivity index (χ2n) is 4.64. The lowest BCUT2D eigenvalue weighted by Crippen LogP contribution is -2.10. The smallest absolute Gasteiger partial charge is 0.351 e. The molecule has 0 N–H and O–H groups in total. The molecule has 110 valence electrons. The zero-order valence-electron chi connectivity index (χ0n) is 11.4. The molecule has 0 saturated carbocycles. The average molecular weight is 299 g/mol. The van der Waals surface area contributed by atoms with Crippen LogP contribution in [0.1, 0.15) is 21.7 Å². The van der Waals surface area contributed by atoms with Crippen LogP contribution in [0, 0.1) is 17.0 Å². The van der Waals surface area contributed by atoms with Crippen molar-refractivity contribution in [1.82, 2.24) is 0 Å². The first-order valence-electron chi connectivity index (χ1n) is 6.30. The van der Waals surface area contributed by atoms with Gasteiger partial charge in [-0.2, -0.15) is 0 Å². The maximum Gasteiger partial charge on any atom is 0.351 e. The van der Waals surface area contributed by atoms with Crippen molar-refractivity contribution >= 4 is 17.5 Å². The summed E-state index contributed by atoms with van der Waals surface area (Å²) in [5.74, 6) is -0.392. The molecule has 1 aliphatic rings. The number of ketones is 1. The third kappa shape index (κ3) is 2.18. The molecule has 3 rings (SSSR count). The molecule has 0 saturated heterocycles. The number of nitro benzene ring substituents is 1. The van der Waals surface area contributed by atoms with Crippen LogP contribution in [0.4, 0.5) is 5.69 Å². The van der Waals surface area contributed by atoms with Gasteiger partial charge in [-0.15, -0.1) is 0 Å². The van der Waals surface area contributed by atoms with E-state index in [0.29, 0.717) is 5.76 Å². The van der Waals surface area contributed by atoms with Crippen molar-refractivity contribution < 1.29 is 18.9 Å². The van der Waals surface area contributed by atoms with E-state index >= 15 is 0 Å². The highest BCUT2D eigenvalue weighted by atomic mass is 16.6. The van der Waals surface area contributed by atoms with Crippen LogP contribution in [-0.4, -0.2) is 10.7 Å². The highest BCUT2D eigenvalue weighted by Crippen LogP contribution is 2.31. The molecule has 1 aromatic carbocycles. The minimum atomic E-state index is -0.786. The Kier molecular flexibility index (Phi) is 3.10. The number of fused-ring (bicyclic) bond motifs is 1. The molecule has 2 aromatic rings. The fraction of sp³-hybridized carbons (Fsp3) is 0.0667. The third-order valence-electron chi connectivity index (χ3n) is 3.13. The molecule has 0 spiro atoms. The molecule has 0 aliphatic carbocycles. The molecule has 0 fully saturated rings. The van der Waals surface area contributed by atoms with Crippen molar-refractivity contribution in [2.24, 2.45) is 0 Å². The zero-order valence-corrected chi connectivity index (χ0v) is 11.4. The van der Waals surface area contributed by atoms with Crippen molar-refractivity contribution in [3.8, 4) is 5.75 Å². The molecule has 0 unspecified atom stereocenters. The standard InChI is InChI=1S/C15H9NO6/c1-8-6-11-13(15(18)21-8)14(17)12(22-11)7-9-4-2-3-5-10(9)16(19)20/h2-7H,1H3/b12-7-. The normalized spacial score (nSPS) is 14.8. The molecule has 0 amide bonds. The van der Waals surface area contributed by atoms with Crippen LogP contribution in [0.25, 0.3) is 6.08 Å². The van der Waals surface area contributed by atoms with Gasteiger partial charge in [0.25, 0.3) is 5.69 Å². The second-order valence-corrected chi connectivity index (χ2v) is 4.64. The summed E-state index contributed by atoms with van der Waals surface area (Å²) in [6, 6.07) is 7.35. The van der Waals surface area contributed by atoms with Gasteiger partial charge >= 0.3 is 5.63 Å². The minimum absolute atomic E-state index is 0.101. The van der Waals surface area contributed by atoms with Crippen molar-refractivity contribution in [2.45, 2.75) is 6.92 Å². The Morgan fingerprint density at radius 1 is 1.23 bits per heavy atom. The van der Waals surface area contributed by atoms with E-state index in [1.807, 2.05) is 0 Å². The molecule has 0 radical (unpaired) electrons. The van der Waals surface area contributed by atoms with Crippen molar-refractivity contribution in [3.63, 3.8) is 0 Å². The Morgan fingerprint density at radius 3 is 2.68 bits per heavy atom. The summed E-state index contributed by atoms with van der Waals surface area (Å²) in [5.41, 5.74) is -0.934. The SMILES string of the molecule is Cc1cc2c(c(=O)o1)C(=O)/C(=C/c1ccccc1[N+](=O)[O-])O2. The fourth-order valence-electron chi connectivity index (χ4n) is 2.17. The maximum absolute atomic E-state index is 12.2. The summed E-state index contributed by atoms with van der Waals surface area (Å²) in [6.07, 6.45) is 1.25. The van der Waals surface area contributed by atoms with Crippen molar-refractivity contribution in [2.75, 3.05) is 0 Å². The molecular formula is C15H9NO6. The topological polar surface area (TPSA) is 99.7 Å². The largest absolute Gasteiger partial charge is 0.452 e. The summed E-state index contributed by atoms with van der Waals surface area (Å²) in [6.45, 7) is 1.55. The third-order valence-corrected chi connectivity index (χ3v) is 3.13. The zero-order chi connectivity index (χ0) is 15.9. The first-order valence-corrected chi connectivity index (χ1v) is 6.30. The summed E-state index contributed by atoms with van der Waals surface area (Å²) in [5, 5.41) is 11.0. The van der Waals surface area contributed by atoms with Gasteiger partial charge in [0, 0.05) is 12.1 Å². The molecule has 0 atom stereocenters. The predicted octanol–water partition coefficient (Wildman–Crippen LogP) is 2.47. The Bertz CT molecular complexity index is 893. The molecule has 1 aromatic heterocycles. The molecular weight excluding hydrogens is 290 g/mol. The summed E-state index contributed by atoms with van der Waals surface area (Å²) < 4.78 is 10.2. The second kappa shape index (κ2) is 4.96. The molecule has 1 aliphatic heterocycles. The quantitative estimate of drug-likeness (QED) is 0.480. The van der Waals surface area contributed by atoms with Crippen LogP contribution in [0.15, 0.2) is 45.3 Å². The van der Waals surface area contributed by atoms with Gasteiger partial charge in [0.1, 0.15) is 11.5 Å². The van der Waals surface area contributed by atoms with Crippen LogP contribution >= 0.6 is 0 Å². The average Bonchev–Trinajstić information content (AvgIpc) is 2.75. The lowest BCUT2D eigenvalue weighted by molar-refractivity contribution is -0.385. The van der Waals surface area contributed by atoms with Crippen molar-refractivity contribution in [1.29, 1.82) is 0 Å². The number of rotatable bonds is 2. The van der Waals surface area contributed by atoms with E-state index in [2.05, 4.69) is 0 Å². The van der Waals surface area contributed by atoms with E-state index < -0.39 is 16.3 Å². The van der Waals surface area contributed by atoms with Gasteiger partial charge in [-0.25, -0.2) is 4.79 Å². The number of aryl methyl sites for hydroxylation is 1. The maximum atomic E-state index is 12.2. The van der Waals surface area contributed by atoms with Gasteiger partial charge in [-0.1, -0.05) is 12.1 Å². The molecule has 7 nitrogen and oxygen atoms in total. The number of benzene rings is 1. The Morgan fingerprint density at radius 2 is 1.95 bits per heavy atom. The highest BCUT2D eigenvalue weighted by Gasteiger charge is 2.32. The highest BCUT2D eigenvalue weighted by molar-refractivity contribution is 6.14. The van der Waals surface area contributed by atoms with E-state index in [4.69, 9.17) is 9.15 Å². The molecule has 7 heteroatoms. The predicted molar refractivity (Wildman–Crippen MR) is 75.7 cm³/mol. The minimum Gasteiger partial charge on any atom is -0.452 e. The van der Waals surface area contributed by atoms with Gasteiger partial charge in [0.15, 0.2) is 11.3 Å². The lowest BCUT2D eigenvalue weighted by atomic mass is 10.1. The Balaban J connectivity index is 2.10. The fourth-order valence-corrected chi connectivity index (χ4v) is 2.17. The summed E-state index contributed by atoms with van der Waals surface area (Å²) in [7, 11) is 0. The molecule has 22 heavy (non-hydrogen) atoms. The number of hydrogen-bond acceptors (Lipinski definition) is 6. The Hall–Kier alpha value is -3.22. The van der Waals surface area contributed by atoms with Crippen molar-refractivity contribution in [3.05, 3.63) is 73.5 Å².